The second kappa shape index (κ2) is 13.1. The fourth-order valence-corrected chi connectivity index (χ4v) is 7.05. The summed E-state index contributed by atoms with van der Waals surface area (Å²) < 4.78 is 16.9. The maximum absolute atomic E-state index is 13.9. The third kappa shape index (κ3) is 6.60. The van der Waals surface area contributed by atoms with Gasteiger partial charge < -0.3 is 19.4 Å². The van der Waals surface area contributed by atoms with Gasteiger partial charge in [-0.3, -0.25) is 9.36 Å². The molecule has 0 aliphatic carbocycles. The molecule has 0 spiro atoms. The van der Waals surface area contributed by atoms with Crippen molar-refractivity contribution in [3.8, 4) is 11.4 Å². The Morgan fingerprint density at radius 3 is 2.50 bits per heavy atom. The van der Waals surface area contributed by atoms with Gasteiger partial charge in [0, 0.05) is 36.9 Å². The summed E-state index contributed by atoms with van der Waals surface area (Å²) in [6.45, 7) is 12.0. The molecule has 0 fully saturated rings. The van der Waals surface area contributed by atoms with E-state index in [1.54, 1.807) is 34.3 Å². The molecule has 0 aliphatic rings. The van der Waals surface area contributed by atoms with Crippen molar-refractivity contribution >= 4 is 42.2 Å². The van der Waals surface area contributed by atoms with Gasteiger partial charge in [0.1, 0.15) is 35.8 Å². The molecule has 12 heteroatoms. The van der Waals surface area contributed by atoms with Gasteiger partial charge in [0.05, 0.1) is 24.2 Å². The fraction of sp³-hybridized carbons (Fsp3) is 0.294. The van der Waals surface area contributed by atoms with Gasteiger partial charge in [-0.1, -0.05) is 49.6 Å². The number of rotatable bonds is 12. The Labute approximate surface area is 273 Å². The van der Waals surface area contributed by atoms with Crippen LogP contribution in [-0.2, 0) is 11.5 Å². The summed E-state index contributed by atoms with van der Waals surface area (Å²) in [5.74, 6) is 2.01. The van der Waals surface area contributed by atoms with E-state index >= 15 is 0 Å². The normalized spacial score (nSPS) is 12.6. The van der Waals surface area contributed by atoms with Gasteiger partial charge in [0.25, 0.3) is 5.56 Å². The highest BCUT2D eigenvalue weighted by molar-refractivity contribution is 7.99. The first-order valence-electron chi connectivity index (χ1n) is 15.3. The quantitative estimate of drug-likeness (QED) is 0.110. The Bertz CT molecular complexity index is 2030. The van der Waals surface area contributed by atoms with Crippen LogP contribution in [0.15, 0.2) is 94.0 Å². The van der Waals surface area contributed by atoms with E-state index in [9.17, 15) is 4.79 Å². The minimum Gasteiger partial charge on any atom is -0.497 e. The molecule has 46 heavy (non-hydrogen) atoms. The summed E-state index contributed by atoms with van der Waals surface area (Å²) in [6, 6.07) is 20.2. The standard InChI is InChI=1S/C34H39N7O3SSi/c1-23-16-17-40-30(23)34(42)41(25-10-8-7-9-11-25)32(38-40)24(2)37-31-29-28(45-27-14-12-26(43-3)13-15-27)20-39(33(29)36-21-35-31)22-44-18-19-46(4,5)6/h7-17,20-21,24H,18-19,22H2,1-6H3,(H,35,36,37)/t24-/m0/s1. The first-order valence-corrected chi connectivity index (χ1v) is 19.8. The monoisotopic (exact) mass is 653 g/mol. The topological polar surface area (TPSA) is 100 Å². The molecule has 4 heterocycles. The number of benzene rings is 2. The molecule has 238 valence electrons. The molecule has 6 rings (SSSR count). The molecule has 4 aromatic heterocycles. The van der Waals surface area contributed by atoms with E-state index < -0.39 is 14.1 Å². The smallest absolute Gasteiger partial charge is 0.282 e. The summed E-state index contributed by atoms with van der Waals surface area (Å²) >= 11 is 1.62. The first-order chi connectivity index (χ1) is 22.1. The van der Waals surface area contributed by atoms with E-state index in [1.807, 2.05) is 85.3 Å². The maximum Gasteiger partial charge on any atom is 0.282 e. The summed E-state index contributed by atoms with van der Waals surface area (Å²) in [7, 11) is 0.435. The maximum atomic E-state index is 13.9. The number of aromatic nitrogens is 6. The molecule has 1 atom stereocenters. The van der Waals surface area contributed by atoms with Crippen LogP contribution in [0, 0.1) is 6.92 Å². The number of hydrogen-bond acceptors (Lipinski definition) is 8. The largest absolute Gasteiger partial charge is 0.497 e. The molecule has 6 aromatic rings. The first kappa shape index (κ1) is 31.6. The van der Waals surface area contributed by atoms with Crippen molar-refractivity contribution in [1.82, 2.24) is 28.7 Å². The van der Waals surface area contributed by atoms with E-state index in [-0.39, 0.29) is 5.56 Å². The zero-order valence-corrected chi connectivity index (χ0v) is 28.8. The zero-order chi connectivity index (χ0) is 32.4. The van der Waals surface area contributed by atoms with Gasteiger partial charge in [-0.25, -0.2) is 14.5 Å². The molecule has 2 aromatic carbocycles. The lowest BCUT2D eigenvalue weighted by atomic mass is 10.2. The van der Waals surface area contributed by atoms with Crippen molar-refractivity contribution in [3.63, 3.8) is 0 Å². The lowest BCUT2D eigenvalue weighted by Crippen LogP contribution is -2.29. The molecule has 0 unspecified atom stereocenters. The molecular weight excluding hydrogens is 615 g/mol. The number of ether oxygens (including phenoxy) is 2. The number of fused-ring (bicyclic) bond motifs is 2. The van der Waals surface area contributed by atoms with Gasteiger partial charge in [-0.2, -0.15) is 5.10 Å². The van der Waals surface area contributed by atoms with Crippen molar-refractivity contribution < 1.29 is 9.47 Å². The average Bonchev–Trinajstić information content (AvgIpc) is 3.60. The minimum absolute atomic E-state index is 0.127. The van der Waals surface area contributed by atoms with Crippen LogP contribution in [0.4, 0.5) is 5.82 Å². The van der Waals surface area contributed by atoms with Crippen molar-refractivity contribution in [3.05, 3.63) is 101 Å². The van der Waals surface area contributed by atoms with Crippen LogP contribution in [0.1, 0.15) is 24.4 Å². The highest BCUT2D eigenvalue weighted by Crippen LogP contribution is 2.38. The fourth-order valence-electron chi connectivity index (χ4n) is 5.29. The molecule has 0 radical (unpaired) electrons. The zero-order valence-electron chi connectivity index (χ0n) is 27.0. The number of nitrogens with one attached hydrogen (secondary N) is 1. The second-order valence-electron chi connectivity index (χ2n) is 12.5. The molecular formula is C34H39N7O3SSi. The SMILES string of the molecule is COc1ccc(Sc2cn(COCC[Si](C)(C)C)c3ncnc(N[C@@H](C)c4nn5ccc(C)c5c(=O)n4-c4ccccc4)c23)cc1. The predicted molar refractivity (Wildman–Crippen MR) is 186 cm³/mol. The van der Waals surface area contributed by atoms with Crippen LogP contribution in [0.2, 0.25) is 25.7 Å². The Balaban J connectivity index is 1.41. The van der Waals surface area contributed by atoms with E-state index in [1.165, 1.54) is 0 Å². The van der Waals surface area contributed by atoms with Gasteiger partial charge in [-0.05, 0) is 67.9 Å². The van der Waals surface area contributed by atoms with Gasteiger partial charge in [0.2, 0.25) is 0 Å². The van der Waals surface area contributed by atoms with Crippen LogP contribution in [-0.4, -0.2) is 50.5 Å². The predicted octanol–water partition coefficient (Wildman–Crippen LogP) is 7.18. The van der Waals surface area contributed by atoms with Crippen LogP contribution >= 0.6 is 11.8 Å². The van der Waals surface area contributed by atoms with Crippen LogP contribution in [0.5, 0.6) is 5.75 Å². The number of anilines is 1. The highest BCUT2D eigenvalue weighted by atomic mass is 32.2. The summed E-state index contributed by atoms with van der Waals surface area (Å²) in [5.41, 5.74) is 2.81. The Kier molecular flexibility index (Phi) is 9.03. The minimum atomic E-state index is -1.23. The number of hydrogen-bond donors (Lipinski definition) is 1. The van der Waals surface area contributed by atoms with E-state index in [4.69, 9.17) is 24.5 Å². The van der Waals surface area contributed by atoms with Crippen LogP contribution < -0.4 is 15.6 Å². The van der Waals surface area contributed by atoms with Crippen LogP contribution in [0.25, 0.3) is 22.2 Å². The number of nitrogens with zero attached hydrogens (tertiary/aromatic N) is 6. The number of aryl methyl sites for hydroxylation is 1. The third-order valence-corrected chi connectivity index (χ3v) is 10.5. The van der Waals surface area contributed by atoms with E-state index in [2.05, 4.69) is 31.2 Å². The lowest BCUT2D eigenvalue weighted by molar-refractivity contribution is 0.0896. The van der Waals surface area contributed by atoms with E-state index in [0.29, 0.717) is 30.5 Å². The molecule has 0 bridgehead atoms. The highest BCUT2D eigenvalue weighted by Gasteiger charge is 2.23. The molecule has 0 saturated heterocycles. The summed E-state index contributed by atoms with van der Waals surface area (Å²) in [5, 5.41) is 9.38. The Hall–Kier alpha value is -4.39. The number of para-hydroxylation sites is 1. The number of methoxy groups -OCH3 is 1. The van der Waals surface area contributed by atoms with Crippen molar-refractivity contribution in [2.24, 2.45) is 0 Å². The molecule has 0 amide bonds. The van der Waals surface area contributed by atoms with Gasteiger partial charge in [-0.15, -0.1) is 0 Å². The third-order valence-electron chi connectivity index (χ3n) is 7.80. The van der Waals surface area contributed by atoms with E-state index in [0.717, 1.165) is 43.9 Å². The van der Waals surface area contributed by atoms with Crippen molar-refractivity contribution in [2.45, 2.75) is 62.1 Å². The summed E-state index contributed by atoms with van der Waals surface area (Å²) in [6.07, 6.45) is 5.46. The molecule has 0 aliphatic heterocycles. The Morgan fingerprint density at radius 1 is 1.02 bits per heavy atom. The average molecular weight is 654 g/mol. The van der Waals surface area contributed by atoms with Crippen molar-refractivity contribution in [2.75, 3.05) is 19.0 Å². The molecule has 0 saturated carbocycles. The van der Waals surface area contributed by atoms with Gasteiger partial charge >= 0.3 is 0 Å². The lowest BCUT2D eigenvalue weighted by Gasteiger charge is -2.20. The summed E-state index contributed by atoms with van der Waals surface area (Å²) in [4.78, 5) is 25.4. The molecule has 1 N–H and O–H groups in total. The van der Waals surface area contributed by atoms with Gasteiger partial charge in [0.15, 0.2) is 5.82 Å². The Morgan fingerprint density at radius 2 is 1.78 bits per heavy atom. The van der Waals surface area contributed by atoms with Crippen LogP contribution in [0.3, 0.4) is 0 Å². The second-order valence-corrected chi connectivity index (χ2v) is 19.2. The molecule has 10 nitrogen and oxygen atoms in total. The van der Waals surface area contributed by atoms with Crippen molar-refractivity contribution in [1.29, 1.82) is 0 Å².